The van der Waals surface area contributed by atoms with Crippen molar-refractivity contribution in [2.45, 2.75) is 44.4 Å². The topological polar surface area (TPSA) is 90.9 Å². The lowest BCUT2D eigenvalue weighted by atomic mass is 9.73. The number of allylic oxidation sites excluding steroid dienone is 4. The van der Waals surface area contributed by atoms with Crippen LogP contribution in [0.15, 0.2) is 63.5 Å². The van der Waals surface area contributed by atoms with Crippen molar-refractivity contribution < 1.29 is 28.6 Å². The molecule has 37 heavy (non-hydrogen) atoms. The van der Waals surface area contributed by atoms with Gasteiger partial charge in [-0.05, 0) is 70.7 Å². The van der Waals surface area contributed by atoms with E-state index in [1.54, 1.807) is 30.3 Å². The Balaban J connectivity index is 1.45. The minimum atomic E-state index is -0.521. The third-order valence-electron chi connectivity index (χ3n) is 6.70. The molecule has 192 valence electrons. The number of hydrogen-bond donors (Lipinski definition) is 1. The van der Waals surface area contributed by atoms with Gasteiger partial charge in [0.1, 0.15) is 11.5 Å². The molecule has 0 bridgehead atoms. The molecule has 1 amide bonds. The van der Waals surface area contributed by atoms with Gasteiger partial charge in [0.2, 0.25) is 0 Å². The number of nitrogens with one attached hydrogen (secondary N) is 1. The molecule has 1 aliphatic heterocycles. The Labute approximate surface area is 227 Å². The Morgan fingerprint density at radius 2 is 1.65 bits per heavy atom. The van der Waals surface area contributed by atoms with Crippen molar-refractivity contribution >= 4 is 50.7 Å². The number of Topliss-reactive ketones (excluding diaryl/α,β-unsaturated/α-hetero) is 2. The van der Waals surface area contributed by atoms with Crippen molar-refractivity contribution in [1.29, 1.82) is 0 Å². The standard InChI is InChI=1S/C28H25BrClNO6/c1-35-23-13-15(12-18(29)28(23)36-14-24(34)31-17-10-8-16(30)9-11-17)25-26-19(32)4-2-6-21(26)37-22-7-3-5-20(33)27(22)25/h8-13,25H,2-7,14H2,1H3,(H,31,34). The highest BCUT2D eigenvalue weighted by Gasteiger charge is 2.42. The minimum Gasteiger partial charge on any atom is -0.493 e. The van der Waals surface area contributed by atoms with Crippen LogP contribution in [0.3, 0.4) is 0 Å². The van der Waals surface area contributed by atoms with Gasteiger partial charge in [0.05, 0.1) is 11.6 Å². The van der Waals surface area contributed by atoms with E-state index in [1.165, 1.54) is 7.11 Å². The second kappa shape index (κ2) is 10.7. The Morgan fingerprint density at radius 1 is 1.03 bits per heavy atom. The molecule has 0 saturated carbocycles. The van der Waals surface area contributed by atoms with Gasteiger partial charge >= 0.3 is 0 Å². The number of ketones is 2. The summed E-state index contributed by atoms with van der Waals surface area (Å²) in [5, 5.41) is 3.32. The Morgan fingerprint density at radius 3 is 2.24 bits per heavy atom. The summed E-state index contributed by atoms with van der Waals surface area (Å²) in [6, 6.07) is 10.4. The van der Waals surface area contributed by atoms with E-state index >= 15 is 0 Å². The molecule has 2 aromatic rings. The highest BCUT2D eigenvalue weighted by Crippen LogP contribution is 2.50. The molecule has 0 radical (unpaired) electrons. The molecule has 2 aliphatic carbocycles. The van der Waals surface area contributed by atoms with Crippen LogP contribution in [-0.4, -0.2) is 31.2 Å². The second-order valence-electron chi connectivity index (χ2n) is 9.14. The molecule has 1 N–H and O–H groups in total. The van der Waals surface area contributed by atoms with Crippen LogP contribution >= 0.6 is 27.5 Å². The van der Waals surface area contributed by atoms with Crippen LogP contribution in [0.5, 0.6) is 11.5 Å². The zero-order chi connectivity index (χ0) is 26.1. The molecule has 0 spiro atoms. The van der Waals surface area contributed by atoms with E-state index in [2.05, 4.69) is 21.2 Å². The summed E-state index contributed by atoms with van der Waals surface area (Å²) in [5.41, 5.74) is 2.45. The van der Waals surface area contributed by atoms with Gasteiger partial charge in [-0.3, -0.25) is 14.4 Å². The molecular weight excluding hydrogens is 562 g/mol. The summed E-state index contributed by atoms with van der Waals surface area (Å²) in [6.45, 7) is -0.254. The van der Waals surface area contributed by atoms with Gasteiger partial charge in [-0.2, -0.15) is 0 Å². The maximum Gasteiger partial charge on any atom is 0.262 e. The van der Waals surface area contributed by atoms with Gasteiger partial charge in [0, 0.05) is 53.5 Å². The molecule has 0 unspecified atom stereocenters. The Hall–Kier alpha value is -3.10. The van der Waals surface area contributed by atoms with Crippen LogP contribution in [0.1, 0.15) is 50.0 Å². The molecule has 9 heteroatoms. The van der Waals surface area contributed by atoms with Crippen molar-refractivity contribution in [3.05, 3.63) is 74.1 Å². The fourth-order valence-corrected chi connectivity index (χ4v) is 5.77. The van der Waals surface area contributed by atoms with Crippen LogP contribution in [-0.2, 0) is 19.1 Å². The first-order valence-corrected chi connectivity index (χ1v) is 13.3. The Bertz CT molecular complexity index is 1310. The molecule has 2 aromatic carbocycles. The van der Waals surface area contributed by atoms with Crippen molar-refractivity contribution in [1.82, 2.24) is 0 Å². The highest BCUT2D eigenvalue weighted by atomic mass is 79.9. The number of carbonyl (C=O) groups is 3. The molecule has 0 fully saturated rings. The molecule has 3 aliphatic rings. The molecule has 7 nitrogen and oxygen atoms in total. The summed E-state index contributed by atoms with van der Waals surface area (Å²) in [5.74, 6) is 1.20. The summed E-state index contributed by atoms with van der Waals surface area (Å²) < 4.78 is 18.1. The number of amides is 1. The van der Waals surface area contributed by atoms with Crippen LogP contribution in [0.4, 0.5) is 5.69 Å². The highest BCUT2D eigenvalue weighted by molar-refractivity contribution is 9.10. The van der Waals surface area contributed by atoms with E-state index in [4.69, 9.17) is 25.8 Å². The van der Waals surface area contributed by atoms with Gasteiger partial charge in [-0.25, -0.2) is 0 Å². The van der Waals surface area contributed by atoms with Crippen molar-refractivity contribution in [2.24, 2.45) is 0 Å². The van der Waals surface area contributed by atoms with Crippen LogP contribution < -0.4 is 14.8 Å². The number of ether oxygens (including phenoxy) is 3. The monoisotopic (exact) mass is 585 g/mol. The molecule has 0 aromatic heterocycles. The summed E-state index contributed by atoms with van der Waals surface area (Å²) in [7, 11) is 1.50. The second-order valence-corrected chi connectivity index (χ2v) is 10.4. The van der Waals surface area contributed by atoms with Gasteiger partial charge < -0.3 is 19.5 Å². The molecule has 1 heterocycles. The van der Waals surface area contributed by atoms with Gasteiger partial charge in [0.15, 0.2) is 29.7 Å². The zero-order valence-corrected chi connectivity index (χ0v) is 22.5. The minimum absolute atomic E-state index is 0.00506. The number of halogens is 2. The number of methoxy groups -OCH3 is 1. The molecule has 5 rings (SSSR count). The lowest BCUT2D eigenvalue weighted by Gasteiger charge is -2.36. The first-order chi connectivity index (χ1) is 17.9. The predicted molar refractivity (Wildman–Crippen MR) is 142 cm³/mol. The summed E-state index contributed by atoms with van der Waals surface area (Å²) >= 11 is 9.45. The molecule has 0 saturated heterocycles. The first kappa shape index (κ1) is 25.5. The lowest BCUT2D eigenvalue weighted by molar-refractivity contribution is -0.119. The fraction of sp³-hybridized carbons (Fsp3) is 0.321. The first-order valence-electron chi connectivity index (χ1n) is 12.1. The van der Waals surface area contributed by atoms with Gasteiger partial charge in [0.25, 0.3) is 5.91 Å². The number of anilines is 1. The third-order valence-corrected chi connectivity index (χ3v) is 7.54. The quantitative estimate of drug-likeness (QED) is 0.430. The lowest BCUT2D eigenvalue weighted by Crippen LogP contribution is -2.30. The predicted octanol–water partition coefficient (Wildman–Crippen LogP) is 6.26. The number of rotatable bonds is 6. The van der Waals surface area contributed by atoms with E-state index in [-0.39, 0.29) is 24.1 Å². The van der Waals surface area contributed by atoms with Crippen LogP contribution in [0.2, 0.25) is 5.02 Å². The van der Waals surface area contributed by atoms with E-state index in [0.29, 0.717) is 75.0 Å². The van der Waals surface area contributed by atoms with Crippen LogP contribution in [0, 0.1) is 0 Å². The average molecular weight is 587 g/mol. The van der Waals surface area contributed by atoms with E-state index in [1.807, 2.05) is 6.07 Å². The van der Waals surface area contributed by atoms with Crippen LogP contribution in [0.25, 0.3) is 0 Å². The number of hydrogen-bond acceptors (Lipinski definition) is 6. The maximum atomic E-state index is 13.1. The normalized spacial score (nSPS) is 17.7. The van der Waals surface area contributed by atoms with Crippen molar-refractivity contribution in [2.75, 3.05) is 19.0 Å². The number of benzene rings is 2. The Kier molecular flexibility index (Phi) is 7.40. The van der Waals surface area contributed by atoms with Crippen molar-refractivity contribution in [3.8, 4) is 11.5 Å². The maximum absolute atomic E-state index is 13.1. The van der Waals surface area contributed by atoms with E-state index in [9.17, 15) is 14.4 Å². The number of carbonyl (C=O) groups excluding carboxylic acids is 3. The van der Waals surface area contributed by atoms with Gasteiger partial charge in [-0.1, -0.05) is 11.6 Å². The fourth-order valence-electron chi connectivity index (χ4n) is 5.07. The SMILES string of the molecule is COc1cc(C2C3=C(CCCC3=O)OC3=C2C(=O)CCC3)cc(Br)c1OCC(=O)Nc1ccc(Cl)cc1. The molecule has 0 atom stereocenters. The van der Waals surface area contributed by atoms with E-state index in [0.717, 1.165) is 18.4 Å². The zero-order valence-electron chi connectivity index (χ0n) is 20.2. The van der Waals surface area contributed by atoms with Crippen molar-refractivity contribution in [3.63, 3.8) is 0 Å². The third kappa shape index (κ3) is 5.18. The largest absolute Gasteiger partial charge is 0.493 e. The molecular formula is C28H25BrClNO6. The smallest absolute Gasteiger partial charge is 0.262 e. The summed E-state index contributed by atoms with van der Waals surface area (Å²) in [6.07, 6.45) is 3.67. The average Bonchev–Trinajstić information content (AvgIpc) is 2.88. The van der Waals surface area contributed by atoms with E-state index < -0.39 is 5.92 Å². The summed E-state index contributed by atoms with van der Waals surface area (Å²) in [4.78, 5) is 38.6. The van der Waals surface area contributed by atoms with Gasteiger partial charge in [-0.15, -0.1) is 0 Å².